The smallest absolute Gasteiger partial charge is 0.356 e. The van der Waals surface area contributed by atoms with E-state index >= 15 is 0 Å². The van der Waals surface area contributed by atoms with Crippen molar-refractivity contribution in [2.45, 2.75) is 31.8 Å². The first kappa shape index (κ1) is 20.7. The third kappa shape index (κ3) is 3.89. The molecule has 30 heavy (non-hydrogen) atoms. The van der Waals surface area contributed by atoms with E-state index in [2.05, 4.69) is 26.2 Å². The average Bonchev–Trinajstić information content (AvgIpc) is 3.47. The van der Waals surface area contributed by atoms with E-state index in [9.17, 15) is 14.7 Å². The number of halogens is 2. The fraction of sp³-hybridized carbons (Fsp3) is 0.286. The van der Waals surface area contributed by atoms with Crippen molar-refractivity contribution in [3.8, 4) is 0 Å². The van der Waals surface area contributed by atoms with Crippen LogP contribution in [0.2, 0.25) is 5.02 Å². The molecule has 4 rings (SSSR count). The first-order valence-corrected chi connectivity index (χ1v) is 10.6. The number of rotatable bonds is 6. The van der Waals surface area contributed by atoms with E-state index in [1.807, 2.05) is 16.7 Å². The molecule has 1 fully saturated rings. The van der Waals surface area contributed by atoms with Gasteiger partial charge in [-0.15, -0.1) is 0 Å². The molecule has 0 amide bonds. The Hall–Kier alpha value is -2.58. The quantitative estimate of drug-likeness (QED) is 0.528. The Kier molecular flexibility index (Phi) is 5.46. The van der Waals surface area contributed by atoms with Crippen LogP contribution in [0.1, 0.15) is 52.2 Å². The Balaban J connectivity index is 1.90. The van der Waals surface area contributed by atoms with Crippen LogP contribution in [0.15, 0.2) is 46.1 Å². The van der Waals surface area contributed by atoms with Gasteiger partial charge in [0.1, 0.15) is 0 Å². The highest BCUT2D eigenvalue weighted by molar-refractivity contribution is 9.10. The lowest BCUT2D eigenvalue weighted by Crippen LogP contribution is -2.23. The molecule has 1 aromatic carbocycles. The number of aryl methyl sites for hydroxylation is 2. The molecule has 0 spiro atoms. The molecular weight excluding hydrogens is 472 g/mol. The number of anilines is 1. The lowest BCUT2D eigenvalue weighted by molar-refractivity contribution is 0.0689. The SMILES string of the molecule is Cc1cc(NC(c2ccc(Cl)cc2)c2c(C(=O)O)nc(Br)n2C2CC2)cn(C)c1=O. The summed E-state index contributed by atoms with van der Waals surface area (Å²) in [7, 11) is 1.69. The molecule has 156 valence electrons. The molecule has 2 aromatic heterocycles. The molecule has 0 saturated heterocycles. The van der Waals surface area contributed by atoms with Gasteiger partial charge in [0, 0.05) is 29.9 Å². The van der Waals surface area contributed by atoms with E-state index < -0.39 is 12.0 Å². The molecule has 3 aromatic rings. The van der Waals surface area contributed by atoms with E-state index in [0.29, 0.717) is 26.7 Å². The van der Waals surface area contributed by atoms with Gasteiger partial charge in [-0.25, -0.2) is 9.78 Å². The summed E-state index contributed by atoms with van der Waals surface area (Å²) in [5.74, 6) is -1.09. The predicted molar refractivity (Wildman–Crippen MR) is 118 cm³/mol. The Morgan fingerprint density at radius 2 is 2.00 bits per heavy atom. The molecule has 1 aliphatic rings. The largest absolute Gasteiger partial charge is 0.476 e. The summed E-state index contributed by atoms with van der Waals surface area (Å²) in [5, 5.41) is 13.9. The van der Waals surface area contributed by atoms with Crippen LogP contribution in [-0.4, -0.2) is 25.2 Å². The van der Waals surface area contributed by atoms with Crippen molar-refractivity contribution in [2.75, 3.05) is 5.32 Å². The van der Waals surface area contributed by atoms with Crippen molar-refractivity contribution in [1.29, 1.82) is 0 Å². The van der Waals surface area contributed by atoms with Gasteiger partial charge >= 0.3 is 5.97 Å². The van der Waals surface area contributed by atoms with Crippen LogP contribution in [0, 0.1) is 6.92 Å². The fourth-order valence-corrected chi connectivity index (χ4v) is 4.40. The fourth-order valence-electron chi connectivity index (χ4n) is 3.62. The van der Waals surface area contributed by atoms with Gasteiger partial charge in [-0.05, 0) is 59.5 Å². The summed E-state index contributed by atoms with van der Waals surface area (Å²) < 4.78 is 3.95. The van der Waals surface area contributed by atoms with Gasteiger partial charge in [-0.3, -0.25) is 4.79 Å². The van der Waals surface area contributed by atoms with Crippen LogP contribution < -0.4 is 10.9 Å². The Labute approximate surface area is 186 Å². The van der Waals surface area contributed by atoms with Gasteiger partial charge < -0.3 is 19.6 Å². The zero-order chi connectivity index (χ0) is 21.6. The molecule has 1 unspecified atom stereocenters. The number of hydrogen-bond acceptors (Lipinski definition) is 4. The highest BCUT2D eigenvalue weighted by atomic mass is 79.9. The summed E-state index contributed by atoms with van der Waals surface area (Å²) in [6.07, 6.45) is 3.63. The number of imidazole rings is 1. The molecule has 2 heterocycles. The zero-order valence-electron chi connectivity index (χ0n) is 16.4. The molecule has 2 N–H and O–H groups in total. The van der Waals surface area contributed by atoms with Crippen molar-refractivity contribution in [2.24, 2.45) is 7.05 Å². The monoisotopic (exact) mass is 490 g/mol. The normalized spacial score (nSPS) is 14.5. The first-order valence-electron chi connectivity index (χ1n) is 9.46. The number of aromatic nitrogens is 3. The topological polar surface area (TPSA) is 89.2 Å². The van der Waals surface area contributed by atoms with E-state index in [4.69, 9.17) is 11.6 Å². The predicted octanol–water partition coefficient (Wildman–Crippen LogP) is 4.54. The standard InChI is InChI=1S/C21H20BrClN4O3/c1-11-9-14(10-26(2)19(11)28)24-16(12-3-5-13(23)6-4-12)18-17(20(29)30)25-21(22)27(18)15-7-8-15/h3-6,9-10,15-16,24H,7-8H2,1-2H3,(H,29,30). The highest BCUT2D eigenvalue weighted by Gasteiger charge is 2.35. The van der Waals surface area contributed by atoms with Crippen LogP contribution in [-0.2, 0) is 7.05 Å². The van der Waals surface area contributed by atoms with Gasteiger partial charge in [0.15, 0.2) is 10.4 Å². The minimum Gasteiger partial charge on any atom is -0.476 e. The van der Waals surface area contributed by atoms with E-state index in [1.54, 1.807) is 38.4 Å². The zero-order valence-corrected chi connectivity index (χ0v) is 18.7. The molecule has 1 saturated carbocycles. The maximum absolute atomic E-state index is 12.1. The number of nitrogens with one attached hydrogen (secondary N) is 1. The lowest BCUT2D eigenvalue weighted by Gasteiger charge is -2.24. The number of benzene rings is 1. The first-order chi connectivity index (χ1) is 14.3. The maximum Gasteiger partial charge on any atom is 0.356 e. The van der Waals surface area contributed by atoms with E-state index in [1.165, 1.54) is 4.57 Å². The van der Waals surface area contributed by atoms with Crippen LogP contribution in [0.3, 0.4) is 0 Å². The number of aromatic carboxylic acids is 1. The molecular formula is C21H20BrClN4O3. The molecule has 1 aliphatic carbocycles. The lowest BCUT2D eigenvalue weighted by atomic mass is 10.0. The summed E-state index contributed by atoms with van der Waals surface area (Å²) >= 11 is 9.52. The van der Waals surface area contributed by atoms with Crippen molar-refractivity contribution >= 4 is 39.2 Å². The number of carbonyl (C=O) groups is 1. The minimum absolute atomic E-state index is 0.0113. The highest BCUT2D eigenvalue weighted by Crippen LogP contribution is 2.42. The molecule has 9 heteroatoms. The molecule has 0 radical (unpaired) electrons. The van der Waals surface area contributed by atoms with E-state index in [0.717, 1.165) is 18.4 Å². The van der Waals surface area contributed by atoms with Crippen molar-refractivity contribution < 1.29 is 9.90 Å². The summed E-state index contributed by atoms with van der Waals surface area (Å²) in [6.45, 7) is 1.75. The third-order valence-electron chi connectivity index (χ3n) is 5.17. The minimum atomic E-state index is -1.09. The van der Waals surface area contributed by atoms with Gasteiger partial charge in [0.05, 0.1) is 17.4 Å². The van der Waals surface area contributed by atoms with Crippen molar-refractivity contribution in [3.05, 3.63) is 79.2 Å². The number of carboxylic acid groups (broad SMARTS) is 1. The maximum atomic E-state index is 12.1. The van der Waals surface area contributed by atoms with E-state index in [-0.39, 0.29) is 17.3 Å². The van der Waals surface area contributed by atoms with Crippen LogP contribution in [0.25, 0.3) is 0 Å². The van der Waals surface area contributed by atoms with Crippen molar-refractivity contribution in [3.63, 3.8) is 0 Å². The second kappa shape index (κ2) is 7.92. The average molecular weight is 492 g/mol. The Bertz CT molecular complexity index is 1160. The van der Waals surface area contributed by atoms with Crippen molar-refractivity contribution in [1.82, 2.24) is 14.1 Å². The molecule has 0 aliphatic heterocycles. The second-order valence-electron chi connectivity index (χ2n) is 7.48. The van der Waals surface area contributed by atoms with Gasteiger partial charge in [0.25, 0.3) is 5.56 Å². The molecule has 0 bridgehead atoms. The number of nitrogens with zero attached hydrogens (tertiary/aromatic N) is 3. The van der Waals surface area contributed by atoms with Crippen LogP contribution in [0.4, 0.5) is 5.69 Å². The van der Waals surface area contributed by atoms with Crippen LogP contribution >= 0.6 is 27.5 Å². The number of pyridine rings is 1. The van der Waals surface area contributed by atoms with Gasteiger partial charge in [0.2, 0.25) is 0 Å². The van der Waals surface area contributed by atoms with Gasteiger partial charge in [-0.1, -0.05) is 23.7 Å². The summed E-state index contributed by atoms with van der Waals surface area (Å²) in [4.78, 5) is 28.4. The number of hydrogen-bond donors (Lipinski definition) is 2. The summed E-state index contributed by atoms with van der Waals surface area (Å²) in [6, 6.07) is 8.71. The Morgan fingerprint density at radius 3 is 2.57 bits per heavy atom. The molecule has 7 nitrogen and oxygen atoms in total. The molecule has 1 atom stereocenters. The number of carboxylic acids is 1. The third-order valence-corrected chi connectivity index (χ3v) is 5.98. The second-order valence-corrected chi connectivity index (χ2v) is 8.62. The Morgan fingerprint density at radius 1 is 1.33 bits per heavy atom. The van der Waals surface area contributed by atoms with Crippen LogP contribution in [0.5, 0.6) is 0 Å². The summed E-state index contributed by atoms with van der Waals surface area (Å²) in [5.41, 5.74) is 2.59. The van der Waals surface area contributed by atoms with Gasteiger partial charge in [-0.2, -0.15) is 0 Å².